The summed E-state index contributed by atoms with van der Waals surface area (Å²) in [4.78, 5) is 0. The molecule has 19 heavy (non-hydrogen) atoms. The third-order valence-corrected chi connectivity index (χ3v) is 2.77. The molecule has 0 aliphatic rings. The number of ether oxygens (including phenoxy) is 2. The molecule has 0 bridgehead atoms. The highest BCUT2D eigenvalue weighted by Gasteiger charge is 2.29. The molecule has 0 spiro atoms. The number of aliphatic hydroxyl groups excluding tert-OH is 1. The molecular weight excluding hydrogens is 256 g/mol. The molecule has 6 heteroatoms. The second-order valence-corrected chi connectivity index (χ2v) is 4.26. The number of halogens is 2. The van der Waals surface area contributed by atoms with Crippen molar-refractivity contribution in [3.63, 3.8) is 0 Å². The van der Waals surface area contributed by atoms with E-state index in [2.05, 4.69) is 5.32 Å². The van der Waals surface area contributed by atoms with Gasteiger partial charge in [-0.25, -0.2) is 8.78 Å². The fourth-order valence-corrected chi connectivity index (χ4v) is 1.80. The molecule has 0 radical (unpaired) electrons. The van der Waals surface area contributed by atoms with E-state index < -0.39 is 12.0 Å². The lowest BCUT2D eigenvalue weighted by atomic mass is 10.0. The van der Waals surface area contributed by atoms with Crippen LogP contribution >= 0.6 is 0 Å². The molecule has 1 aromatic rings. The number of likely N-dealkylation sites (N-methyl/N-ethyl adjacent to an activating group) is 1. The summed E-state index contributed by atoms with van der Waals surface area (Å²) in [6.45, 7) is 1.01. The minimum absolute atomic E-state index is 0.173. The van der Waals surface area contributed by atoms with Crippen molar-refractivity contribution in [1.82, 2.24) is 5.32 Å². The Morgan fingerprint density at radius 3 is 2.37 bits per heavy atom. The third kappa shape index (κ3) is 3.54. The molecule has 108 valence electrons. The molecule has 0 saturated carbocycles. The summed E-state index contributed by atoms with van der Waals surface area (Å²) < 4.78 is 37.1. The van der Waals surface area contributed by atoms with Gasteiger partial charge in [-0.2, -0.15) is 0 Å². The minimum atomic E-state index is -3.02. The van der Waals surface area contributed by atoms with Crippen molar-refractivity contribution in [3.8, 4) is 11.5 Å². The maximum Gasteiger partial charge on any atom is 0.270 e. The largest absolute Gasteiger partial charge is 0.493 e. The smallest absolute Gasteiger partial charge is 0.270 e. The maximum absolute atomic E-state index is 13.4. The second kappa shape index (κ2) is 6.16. The van der Waals surface area contributed by atoms with E-state index >= 15 is 0 Å². The van der Waals surface area contributed by atoms with Crippen LogP contribution in [0.2, 0.25) is 0 Å². The maximum atomic E-state index is 13.4. The van der Waals surface area contributed by atoms with Gasteiger partial charge in [0.1, 0.15) is 0 Å². The van der Waals surface area contributed by atoms with E-state index in [-0.39, 0.29) is 29.2 Å². The van der Waals surface area contributed by atoms with Crippen molar-refractivity contribution in [1.29, 1.82) is 0 Å². The SMILES string of the molecule is CNCC(O)c1cc(C(C)(F)F)cc(OC)c1OC. The molecule has 0 aliphatic carbocycles. The standard InChI is InChI=1S/C13H19F2NO3/c1-13(14,15)8-5-9(10(17)7-16-2)12(19-4)11(6-8)18-3/h5-6,10,16-17H,7H2,1-4H3. The molecule has 4 nitrogen and oxygen atoms in total. The van der Waals surface area contributed by atoms with Crippen molar-refractivity contribution < 1.29 is 23.4 Å². The first-order valence-corrected chi connectivity index (χ1v) is 5.82. The summed E-state index contributed by atoms with van der Waals surface area (Å²) >= 11 is 0. The average molecular weight is 275 g/mol. The van der Waals surface area contributed by atoms with Gasteiger partial charge in [-0.3, -0.25) is 0 Å². The first kappa shape index (κ1) is 15.7. The number of benzene rings is 1. The van der Waals surface area contributed by atoms with Crippen LogP contribution in [0.5, 0.6) is 11.5 Å². The average Bonchev–Trinajstić information content (AvgIpc) is 2.36. The minimum Gasteiger partial charge on any atom is -0.493 e. The first-order valence-electron chi connectivity index (χ1n) is 5.82. The summed E-state index contributed by atoms with van der Waals surface area (Å²) in [7, 11) is 4.42. The number of rotatable bonds is 6. The Labute approximate surface area is 111 Å². The van der Waals surface area contributed by atoms with Crippen molar-refractivity contribution in [2.24, 2.45) is 0 Å². The molecule has 0 amide bonds. The predicted molar refractivity (Wildman–Crippen MR) is 68.0 cm³/mol. The Morgan fingerprint density at radius 2 is 1.95 bits per heavy atom. The van der Waals surface area contributed by atoms with Gasteiger partial charge in [0.2, 0.25) is 0 Å². The molecular formula is C13H19F2NO3. The van der Waals surface area contributed by atoms with Crippen LogP contribution in [-0.2, 0) is 5.92 Å². The van der Waals surface area contributed by atoms with Gasteiger partial charge < -0.3 is 19.9 Å². The Hall–Kier alpha value is -1.40. The number of hydrogen-bond acceptors (Lipinski definition) is 4. The Bertz CT molecular complexity index is 433. The molecule has 1 unspecified atom stereocenters. The molecule has 0 aliphatic heterocycles. The van der Waals surface area contributed by atoms with Crippen molar-refractivity contribution in [2.75, 3.05) is 27.8 Å². The second-order valence-electron chi connectivity index (χ2n) is 4.26. The molecule has 2 N–H and O–H groups in total. The summed E-state index contributed by atoms with van der Waals surface area (Å²) in [6, 6.07) is 2.46. The summed E-state index contributed by atoms with van der Waals surface area (Å²) in [6.07, 6.45) is -0.962. The first-order chi connectivity index (χ1) is 8.85. The molecule has 0 fully saturated rings. The fraction of sp³-hybridized carbons (Fsp3) is 0.538. The van der Waals surface area contributed by atoms with Gasteiger partial charge in [-0.05, 0) is 19.2 Å². The van der Waals surface area contributed by atoms with Crippen LogP contribution in [0.3, 0.4) is 0 Å². The molecule has 1 aromatic carbocycles. The number of nitrogens with one attached hydrogen (secondary N) is 1. The Kier molecular flexibility index (Phi) is 5.08. The molecule has 0 aromatic heterocycles. The van der Waals surface area contributed by atoms with E-state index in [9.17, 15) is 13.9 Å². The molecule has 0 heterocycles. The van der Waals surface area contributed by atoms with E-state index in [0.717, 1.165) is 6.92 Å². The van der Waals surface area contributed by atoms with Crippen LogP contribution < -0.4 is 14.8 Å². The highest BCUT2D eigenvalue weighted by atomic mass is 19.3. The van der Waals surface area contributed by atoms with Gasteiger partial charge in [0.15, 0.2) is 11.5 Å². The summed E-state index contributed by atoms with van der Waals surface area (Å²) in [5, 5.41) is 12.8. The molecule has 0 saturated heterocycles. The molecule has 1 rings (SSSR count). The van der Waals surface area contributed by atoms with E-state index in [1.165, 1.54) is 26.4 Å². The van der Waals surface area contributed by atoms with Gasteiger partial charge in [0.25, 0.3) is 5.92 Å². The zero-order valence-electron chi connectivity index (χ0n) is 11.5. The van der Waals surface area contributed by atoms with Crippen LogP contribution in [0.15, 0.2) is 12.1 Å². The van der Waals surface area contributed by atoms with E-state index in [0.29, 0.717) is 0 Å². The summed E-state index contributed by atoms with van der Waals surface area (Å²) in [5.74, 6) is -2.59. The van der Waals surface area contributed by atoms with Crippen LogP contribution in [0.4, 0.5) is 8.78 Å². The fourth-order valence-electron chi connectivity index (χ4n) is 1.80. The highest BCUT2D eigenvalue weighted by molar-refractivity contribution is 5.51. The van der Waals surface area contributed by atoms with Gasteiger partial charge in [0.05, 0.1) is 20.3 Å². The topological polar surface area (TPSA) is 50.7 Å². The van der Waals surface area contributed by atoms with Crippen LogP contribution in [-0.4, -0.2) is 32.9 Å². The van der Waals surface area contributed by atoms with Crippen LogP contribution in [0.25, 0.3) is 0 Å². The lowest BCUT2D eigenvalue weighted by molar-refractivity contribution is 0.0169. The lowest BCUT2D eigenvalue weighted by Gasteiger charge is -2.20. The van der Waals surface area contributed by atoms with Crippen molar-refractivity contribution >= 4 is 0 Å². The van der Waals surface area contributed by atoms with Gasteiger partial charge in [0, 0.05) is 24.6 Å². The zero-order valence-corrected chi connectivity index (χ0v) is 11.5. The monoisotopic (exact) mass is 275 g/mol. The van der Waals surface area contributed by atoms with Gasteiger partial charge >= 0.3 is 0 Å². The predicted octanol–water partition coefficient (Wildman–Crippen LogP) is 2.07. The Balaban J connectivity index is 3.40. The highest BCUT2D eigenvalue weighted by Crippen LogP contribution is 2.40. The van der Waals surface area contributed by atoms with Crippen LogP contribution in [0, 0.1) is 0 Å². The van der Waals surface area contributed by atoms with Crippen molar-refractivity contribution in [2.45, 2.75) is 19.0 Å². The Morgan fingerprint density at radius 1 is 1.32 bits per heavy atom. The quantitative estimate of drug-likeness (QED) is 0.834. The number of alkyl halides is 2. The van der Waals surface area contributed by atoms with E-state index in [1.54, 1.807) is 7.05 Å². The van der Waals surface area contributed by atoms with Gasteiger partial charge in [-0.1, -0.05) is 0 Å². The number of methoxy groups -OCH3 is 2. The number of hydrogen-bond donors (Lipinski definition) is 2. The van der Waals surface area contributed by atoms with Crippen LogP contribution in [0.1, 0.15) is 24.2 Å². The van der Waals surface area contributed by atoms with E-state index in [1.807, 2.05) is 0 Å². The zero-order chi connectivity index (χ0) is 14.6. The van der Waals surface area contributed by atoms with E-state index in [4.69, 9.17) is 9.47 Å². The van der Waals surface area contributed by atoms with Gasteiger partial charge in [-0.15, -0.1) is 0 Å². The summed E-state index contributed by atoms with van der Waals surface area (Å²) in [5.41, 5.74) is 0.0445. The normalized spacial score (nSPS) is 13.2. The number of aliphatic hydroxyl groups is 1. The molecule has 1 atom stereocenters. The lowest BCUT2D eigenvalue weighted by Crippen LogP contribution is -2.18. The van der Waals surface area contributed by atoms with Crippen molar-refractivity contribution in [3.05, 3.63) is 23.3 Å². The third-order valence-electron chi connectivity index (χ3n) is 2.77.